The molecule has 0 aliphatic carbocycles. The summed E-state index contributed by atoms with van der Waals surface area (Å²) in [6.07, 6.45) is 1.37. The Hall–Kier alpha value is -2.57. The summed E-state index contributed by atoms with van der Waals surface area (Å²) in [5.41, 5.74) is 1.08. The summed E-state index contributed by atoms with van der Waals surface area (Å²) in [4.78, 5) is 25.6. The van der Waals surface area contributed by atoms with Gasteiger partial charge in [-0.1, -0.05) is 64.5 Å². The molecule has 0 N–H and O–H groups in total. The van der Waals surface area contributed by atoms with Crippen molar-refractivity contribution in [2.45, 2.75) is 4.90 Å². The Morgan fingerprint density at radius 3 is 2.00 bits per heavy atom. The predicted molar refractivity (Wildman–Crippen MR) is 110 cm³/mol. The number of amides is 1. The van der Waals surface area contributed by atoms with Crippen LogP contribution in [0.1, 0.15) is 26.3 Å². The molecule has 0 heterocycles. The topological polar surface area (TPSA) is 63.6 Å². The van der Waals surface area contributed by atoms with E-state index in [9.17, 15) is 13.8 Å². The molecule has 136 valence electrons. The van der Waals surface area contributed by atoms with Crippen LogP contribution in [0.25, 0.3) is 0 Å². The highest BCUT2D eigenvalue weighted by Crippen LogP contribution is 2.25. The number of nitrogens with zero attached hydrogens (tertiary/aromatic N) is 1. The minimum atomic E-state index is -3.12. The summed E-state index contributed by atoms with van der Waals surface area (Å²) in [7, 11) is -3.12. The Balaban J connectivity index is 2.11. The van der Waals surface area contributed by atoms with Crippen molar-refractivity contribution in [3.63, 3.8) is 0 Å². The van der Waals surface area contributed by atoms with Crippen molar-refractivity contribution < 1.29 is 13.8 Å². The van der Waals surface area contributed by atoms with E-state index in [0.29, 0.717) is 15.6 Å². The van der Waals surface area contributed by atoms with Crippen LogP contribution in [0.2, 0.25) is 0 Å². The number of ketones is 1. The van der Waals surface area contributed by atoms with E-state index in [1.54, 1.807) is 72.8 Å². The highest BCUT2D eigenvalue weighted by Gasteiger charge is 2.21. The van der Waals surface area contributed by atoms with Crippen molar-refractivity contribution in [3.05, 3.63) is 100 Å². The van der Waals surface area contributed by atoms with Crippen molar-refractivity contribution in [3.8, 4) is 0 Å². The summed E-state index contributed by atoms with van der Waals surface area (Å²) in [5.74, 6) is -0.854. The fraction of sp³-hybridized carbons (Fsp3) is 0.0476. The van der Waals surface area contributed by atoms with Gasteiger partial charge in [-0.3, -0.25) is 9.59 Å². The minimum absolute atomic E-state index is 0.240. The van der Waals surface area contributed by atoms with Gasteiger partial charge in [0.05, 0.1) is 14.6 Å². The van der Waals surface area contributed by atoms with Crippen LogP contribution in [0, 0.1) is 0 Å². The molecule has 3 aromatic rings. The van der Waals surface area contributed by atoms with E-state index in [2.05, 4.69) is 20.3 Å². The number of benzene rings is 3. The number of halogens is 1. The van der Waals surface area contributed by atoms with Crippen LogP contribution in [0.15, 0.2) is 92.6 Å². The largest absolute Gasteiger partial charge is 0.289 e. The van der Waals surface area contributed by atoms with Gasteiger partial charge in [0.25, 0.3) is 5.91 Å². The fourth-order valence-electron chi connectivity index (χ4n) is 2.60. The summed E-state index contributed by atoms with van der Waals surface area (Å²) in [6, 6.07) is 22.0. The first kappa shape index (κ1) is 19.2. The predicted octanol–water partition coefficient (Wildman–Crippen LogP) is 4.98. The molecule has 0 fully saturated rings. The first-order chi connectivity index (χ1) is 12.9. The molecule has 1 unspecified atom stereocenters. The second kappa shape index (κ2) is 7.98. The molecule has 0 spiro atoms. The van der Waals surface area contributed by atoms with Gasteiger partial charge in [-0.05, 0) is 30.3 Å². The van der Waals surface area contributed by atoms with Crippen LogP contribution in [0.5, 0.6) is 0 Å². The normalized spacial score (nSPS) is 12.8. The molecule has 0 bridgehead atoms. The molecule has 0 aliphatic rings. The number of hydrogen-bond donors (Lipinski definition) is 0. The zero-order valence-electron chi connectivity index (χ0n) is 14.5. The third-order valence-electron chi connectivity index (χ3n) is 3.91. The number of rotatable bonds is 4. The molecular formula is C21H16BrNO3S. The molecule has 0 aromatic heterocycles. The number of hydrogen-bond acceptors (Lipinski definition) is 3. The lowest BCUT2D eigenvalue weighted by atomic mass is 10.0. The molecule has 27 heavy (non-hydrogen) atoms. The van der Waals surface area contributed by atoms with Gasteiger partial charge >= 0.3 is 0 Å². The first-order valence-electron chi connectivity index (χ1n) is 8.09. The van der Waals surface area contributed by atoms with Gasteiger partial charge in [-0.25, -0.2) is 4.21 Å². The van der Waals surface area contributed by atoms with Crippen LogP contribution in [-0.2, 0) is 9.73 Å². The molecule has 1 amide bonds. The van der Waals surface area contributed by atoms with Crippen molar-refractivity contribution in [2.75, 3.05) is 6.26 Å². The average molecular weight is 442 g/mol. The Morgan fingerprint density at radius 1 is 0.852 bits per heavy atom. The highest BCUT2D eigenvalue weighted by atomic mass is 79.9. The van der Waals surface area contributed by atoms with Crippen LogP contribution >= 0.6 is 15.9 Å². The zero-order valence-corrected chi connectivity index (χ0v) is 16.9. The standard InChI is InChI=1S/C21H16BrNO3S/c1-27(26,23-21(25)16-10-6-3-7-11-16)19-13-12-17(22)14-18(19)20(24)15-8-4-2-5-9-15/h2-14H,1H3. The fourth-order valence-corrected chi connectivity index (χ4v) is 4.36. The molecule has 6 heteroatoms. The van der Waals surface area contributed by atoms with Crippen LogP contribution < -0.4 is 0 Å². The first-order valence-corrected chi connectivity index (χ1v) is 10.8. The van der Waals surface area contributed by atoms with Crippen LogP contribution in [0.4, 0.5) is 0 Å². The third kappa shape index (κ3) is 4.40. The van der Waals surface area contributed by atoms with Crippen molar-refractivity contribution in [1.29, 1.82) is 0 Å². The van der Waals surface area contributed by atoms with Crippen LogP contribution in [0.3, 0.4) is 0 Å². The SMILES string of the molecule is CS(=O)(=NC(=O)c1ccccc1)c1ccc(Br)cc1C(=O)c1ccccc1. The Kier molecular flexibility index (Phi) is 5.68. The third-order valence-corrected chi connectivity index (χ3v) is 6.09. The quantitative estimate of drug-likeness (QED) is 0.536. The van der Waals surface area contributed by atoms with E-state index in [0.717, 1.165) is 0 Å². The second-order valence-electron chi connectivity index (χ2n) is 5.90. The van der Waals surface area contributed by atoms with E-state index in [4.69, 9.17) is 0 Å². The van der Waals surface area contributed by atoms with Gasteiger partial charge in [0.2, 0.25) is 0 Å². The minimum Gasteiger partial charge on any atom is -0.289 e. The number of carbonyl (C=O) groups is 2. The maximum Gasteiger partial charge on any atom is 0.285 e. The van der Waals surface area contributed by atoms with Gasteiger partial charge in [-0.15, -0.1) is 0 Å². The maximum absolute atomic E-state index is 13.3. The van der Waals surface area contributed by atoms with E-state index in [-0.39, 0.29) is 16.2 Å². The molecule has 3 aromatic carbocycles. The molecule has 0 saturated carbocycles. The zero-order chi connectivity index (χ0) is 19.4. The van der Waals surface area contributed by atoms with Gasteiger partial charge in [-0.2, -0.15) is 4.36 Å². The van der Waals surface area contributed by atoms with Crippen molar-refractivity contribution in [1.82, 2.24) is 0 Å². The van der Waals surface area contributed by atoms with Crippen molar-refractivity contribution >= 4 is 37.3 Å². The summed E-state index contributed by atoms with van der Waals surface area (Å²) in [6.45, 7) is 0. The van der Waals surface area contributed by atoms with Crippen molar-refractivity contribution in [2.24, 2.45) is 4.36 Å². The maximum atomic E-state index is 13.3. The summed E-state index contributed by atoms with van der Waals surface area (Å²) < 4.78 is 17.9. The molecule has 0 radical (unpaired) electrons. The molecule has 3 rings (SSSR count). The Morgan fingerprint density at radius 2 is 1.41 bits per heavy atom. The molecule has 1 atom stereocenters. The van der Waals surface area contributed by atoms with Gasteiger partial charge in [0.15, 0.2) is 5.78 Å². The van der Waals surface area contributed by atoms with E-state index < -0.39 is 15.6 Å². The lowest BCUT2D eigenvalue weighted by Crippen LogP contribution is -2.11. The van der Waals surface area contributed by atoms with E-state index in [1.807, 2.05) is 6.07 Å². The van der Waals surface area contributed by atoms with Gasteiger partial charge < -0.3 is 0 Å². The number of carbonyl (C=O) groups excluding carboxylic acids is 2. The Bertz CT molecular complexity index is 1120. The molecular weight excluding hydrogens is 426 g/mol. The lowest BCUT2D eigenvalue weighted by molar-refractivity contribution is 0.100. The van der Waals surface area contributed by atoms with Crippen LogP contribution in [-0.4, -0.2) is 22.2 Å². The smallest absolute Gasteiger partial charge is 0.285 e. The van der Waals surface area contributed by atoms with E-state index >= 15 is 0 Å². The monoisotopic (exact) mass is 441 g/mol. The molecule has 0 aliphatic heterocycles. The summed E-state index contributed by atoms with van der Waals surface area (Å²) >= 11 is 3.35. The van der Waals surface area contributed by atoms with Gasteiger partial charge in [0, 0.05) is 27.4 Å². The second-order valence-corrected chi connectivity index (χ2v) is 9.04. The lowest BCUT2D eigenvalue weighted by Gasteiger charge is -2.11. The molecule has 4 nitrogen and oxygen atoms in total. The van der Waals surface area contributed by atoms with E-state index in [1.165, 1.54) is 6.26 Å². The summed E-state index contributed by atoms with van der Waals surface area (Å²) in [5, 5.41) is 0. The average Bonchev–Trinajstić information content (AvgIpc) is 2.68. The van der Waals surface area contributed by atoms with Gasteiger partial charge in [0.1, 0.15) is 0 Å². The molecule has 0 saturated heterocycles. The highest BCUT2D eigenvalue weighted by molar-refractivity contribution is 9.10. The Labute approximate surface area is 166 Å².